The number of fused-ring (bicyclic) bond motifs is 1. The second-order valence-corrected chi connectivity index (χ2v) is 4.97. The highest BCUT2D eigenvalue weighted by Crippen LogP contribution is 2.26. The lowest BCUT2D eigenvalue weighted by Gasteiger charge is -2.11. The van der Waals surface area contributed by atoms with Crippen molar-refractivity contribution < 1.29 is 24.2 Å². The van der Waals surface area contributed by atoms with Crippen LogP contribution < -0.4 is 14.8 Å². The molecule has 0 aliphatic carbocycles. The third-order valence-electron chi connectivity index (χ3n) is 3.49. The molecule has 3 rings (SSSR count). The normalized spacial score (nSPS) is 12.4. The van der Waals surface area contributed by atoms with E-state index in [-0.39, 0.29) is 24.7 Å². The van der Waals surface area contributed by atoms with Gasteiger partial charge < -0.3 is 19.9 Å². The first-order valence-electron chi connectivity index (χ1n) is 7.15. The number of hydrogen-bond donors (Lipinski definition) is 2. The average Bonchev–Trinajstić information content (AvgIpc) is 2.94. The van der Waals surface area contributed by atoms with E-state index in [4.69, 9.17) is 14.6 Å². The Labute approximate surface area is 132 Å². The molecule has 0 saturated heterocycles. The molecule has 0 saturated carbocycles. The molecule has 1 heterocycles. The molecule has 2 aromatic carbocycles. The molecular formula is C17H15NO5. The molecule has 0 unspecified atom stereocenters. The minimum absolute atomic E-state index is 0.104. The molecule has 6 nitrogen and oxygen atoms in total. The fourth-order valence-electron chi connectivity index (χ4n) is 2.44. The molecule has 0 atom stereocenters. The van der Waals surface area contributed by atoms with Gasteiger partial charge in [0.05, 0.1) is 5.56 Å². The average molecular weight is 313 g/mol. The zero-order chi connectivity index (χ0) is 16.2. The van der Waals surface area contributed by atoms with Crippen molar-refractivity contribution in [1.82, 2.24) is 5.32 Å². The van der Waals surface area contributed by atoms with Crippen LogP contribution in [0.5, 0.6) is 11.5 Å². The van der Waals surface area contributed by atoms with Gasteiger partial charge in [-0.1, -0.05) is 24.3 Å². The van der Waals surface area contributed by atoms with Gasteiger partial charge in [0, 0.05) is 6.54 Å². The number of carbonyl (C=O) groups excluding carboxylic acids is 1. The van der Waals surface area contributed by atoms with E-state index >= 15 is 0 Å². The highest BCUT2D eigenvalue weighted by atomic mass is 16.5. The van der Waals surface area contributed by atoms with Crippen LogP contribution in [0.4, 0.5) is 0 Å². The largest absolute Gasteiger partial charge is 0.489 e. The minimum atomic E-state index is -1.04. The molecular weight excluding hydrogens is 298 g/mol. The molecule has 2 N–H and O–H groups in total. The number of ether oxygens (including phenoxy) is 2. The number of para-hydroxylation sites is 1. The zero-order valence-electron chi connectivity index (χ0n) is 12.2. The summed E-state index contributed by atoms with van der Waals surface area (Å²) in [6.45, 7) is 0.890. The summed E-state index contributed by atoms with van der Waals surface area (Å²) >= 11 is 0. The van der Waals surface area contributed by atoms with Gasteiger partial charge in [-0.05, 0) is 23.8 Å². The van der Waals surface area contributed by atoms with Gasteiger partial charge in [0.2, 0.25) is 0 Å². The Kier molecular flexibility index (Phi) is 4.14. The van der Waals surface area contributed by atoms with Crippen molar-refractivity contribution in [3.05, 3.63) is 59.2 Å². The molecule has 1 aliphatic heterocycles. The zero-order valence-corrected chi connectivity index (χ0v) is 12.2. The van der Waals surface area contributed by atoms with E-state index < -0.39 is 5.97 Å². The van der Waals surface area contributed by atoms with Crippen LogP contribution in [0.3, 0.4) is 0 Å². The number of hydrogen-bond acceptors (Lipinski definition) is 4. The van der Waals surface area contributed by atoms with Gasteiger partial charge in [0.25, 0.3) is 5.91 Å². The number of rotatable bonds is 6. The van der Waals surface area contributed by atoms with Crippen LogP contribution in [0.15, 0.2) is 42.5 Å². The van der Waals surface area contributed by atoms with Crippen LogP contribution in [0.25, 0.3) is 0 Å². The number of nitrogens with one attached hydrogen (secondary N) is 1. The topological polar surface area (TPSA) is 84.9 Å². The molecule has 6 heteroatoms. The van der Waals surface area contributed by atoms with E-state index in [0.29, 0.717) is 23.6 Å². The van der Waals surface area contributed by atoms with E-state index in [1.165, 1.54) is 6.07 Å². The lowest BCUT2D eigenvalue weighted by atomic mass is 10.1. The Balaban J connectivity index is 1.61. The van der Waals surface area contributed by atoms with E-state index in [1.54, 1.807) is 24.3 Å². The van der Waals surface area contributed by atoms with Crippen molar-refractivity contribution in [2.24, 2.45) is 0 Å². The molecule has 0 aromatic heterocycles. The Morgan fingerprint density at radius 2 is 1.74 bits per heavy atom. The predicted molar refractivity (Wildman–Crippen MR) is 82.0 cm³/mol. The van der Waals surface area contributed by atoms with Gasteiger partial charge in [-0.3, -0.25) is 4.79 Å². The first-order valence-corrected chi connectivity index (χ1v) is 7.15. The van der Waals surface area contributed by atoms with Crippen LogP contribution >= 0.6 is 0 Å². The Morgan fingerprint density at radius 3 is 2.52 bits per heavy atom. The molecule has 1 amide bonds. The summed E-state index contributed by atoms with van der Waals surface area (Å²) in [5.74, 6) is -0.390. The number of benzene rings is 2. The van der Waals surface area contributed by atoms with Crippen molar-refractivity contribution >= 4 is 11.9 Å². The number of aromatic carboxylic acids is 1. The first kappa shape index (κ1) is 14.9. The lowest BCUT2D eigenvalue weighted by Crippen LogP contribution is -2.15. The summed E-state index contributed by atoms with van der Waals surface area (Å²) in [4.78, 5) is 22.9. The summed E-state index contributed by atoms with van der Waals surface area (Å²) < 4.78 is 11.1. The second kappa shape index (κ2) is 6.39. The minimum Gasteiger partial charge on any atom is -0.489 e. The smallest absolute Gasteiger partial charge is 0.339 e. The number of carbonyl (C=O) groups is 2. The highest BCUT2D eigenvalue weighted by molar-refractivity contribution is 6.00. The van der Waals surface area contributed by atoms with Gasteiger partial charge in [-0.25, -0.2) is 4.79 Å². The maximum absolute atomic E-state index is 11.8. The van der Waals surface area contributed by atoms with Crippen LogP contribution in [0.2, 0.25) is 0 Å². The standard InChI is InChI=1S/C17H15NO5/c19-16-15-11(10-18-16)4-3-7-14(15)23-9-8-22-13-6-2-1-5-12(13)17(20)21/h1-7H,8-10H2,(H,18,19)(H,20,21). The maximum Gasteiger partial charge on any atom is 0.339 e. The third kappa shape index (κ3) is 3.11. The molecule has 0 radical (unpaired) electrons. The van der Waals surface area contributed by atoms with Crippen molar-refractivity contribution in [3.8, 4) is 11.5 Å². The molecule has 118 valence electrons. The van der Waals surface area contributed by atoms with Crippen LogP contribution in [-0.4, -0.2) is 30.2 Å². The fourth-order valence-corrected chi connectivity index (χ4v) is 2.44. The van der Waals surface area contributed by atoms with Crippen LogP contribution in [0, 0.1) is 0 Å². The molecule has 0 fully saturated rings. The fraction of sp³-hybridized carbons (Fsp3) is 0.176. The monoisotopic (exact) mass is 313 g/mol. The second-order valence-electron chi connectivity index (χ2n) is 4.97. The molecule has 0 spiro atoms. The van der Waals surface area contributed by atoms with Crippen molar-refractivity contribution in [1.29, 1.82) is 0 Å². The molecule has 0 bridgehead atoms. The number of carboxylic acid groups (broad SMARTS) is 1. The van der Waals surface area contributed by atoms with E-state index in [0.717, 1.165) is 5.56 Å². The number of amides is 1. The van der Waals surface area contributed by atoms with Gasteiger partial charge >= 0.3 is 5.97 Å². The summed E-state index contributed by atoms with van der Waals surface area (Å²) in [5.41, 5.74) is 1.57. The van der Waals surface area contributed by atoms with Crippen molar-refractivity contribution in [3.63, 3.8) is 0 Å². The highest BCUT2D eigenvalue weighted by Gasteiger charge is 2.23. The van der Waals surface area contributed by atoms with Gasteiger partial charge in [0.15, 0.2) is 0 Å². The van der Waals surface area contributed by atoms with Crippen molar-refractivity contribution in [2.75, 3.05) is 13.2 Å². The van der Waals surface area contributed by atoms with Gasteiger partial charge in [0.1, 0.15) is 30.3 Å². The van der Waals surface area contributed by atoms with Gasteiger partial charge in [-0.2, -0.15) is 0 Å². The summed E-state index contributed by atoms with van der Waals surface area (Å²) in [7, 11) is 0. The van der Waals surface area contributed by atoms with E-state index in [9.17, 15) is 9.59 Å². The van der Waals surface area contributed by atoms with E-state index in [1.807, 2.05) is 12.1 Å². The van der Waals surface area contributed by atoms with E-state index in [2.05, 4.69) is 5.32 Å². The summed E-state index contributed by atoms with van der Waals surface area (Å²) in [5, 5.41) is 11.8. The van der Waals surface area contributed by atoms with Crippen LogP contribution in [-0.2, 0) is 6.54 Å². The summed E-state index contributed by atoms with van der Waals surface area (Å²) in [6.07, 6.45) is 0. The lowest BCUT2D eigenvalue weighted by molar-refractivity contribution is 0.0690. The Morgan fingerprint density at radius 1 is 1.04 bits per heavy atom. The summed E-state index contributed by atoms with van der Waals surface area (Å²) in [6, 6.07) is 11.9. The predicted octanol–water partition coefficient (Wildman–Crippen LogP) is 2.09. The SMILES string of the molecule is O=C(O)c1ccccc1OCCOc1cccc2c1C(=O)NC2. The van der Waals surface area contributed by atoms with Gasteiger partial charge in [-0.15, -0.1) is 0 Å². The quantitative estimate of drug-likeness (QED) is 0.798. The Bertz CT molecular complexity index is 756. The number of carboxylic acids is 1. The maximum atomic E-state index is 11.8. The Hall–Kier alpha value is -3.02. The van der Waals surface area contributed by atoms with Crippen LogP contribution in [0.1, 0.15) is 26.3 Å². The molecule has 1 aliphatic rings. The molecule has 2 aromatic rings. The molecule has 23 heavy (non-hydrogen) atoms. The van der Waals surface area contributed by atoms with Crippen molar-refractivity contribution in [2.45, 2.75) is 6.54 Å². The third-order valence-corrected chi connectivity index (χ3v) is 3.49. The first-order chi connectivity index (χ1) is 11.2.